The van der Waals surface area contributed by atoms with Crippen LogP contribution in [-0.4, -0.2) is 19.9 Å². The van der Waals surface area contributed by atoms with E-state index >= 15 is 0 Å². The molecule has 2 aromatic heterocycles. The zero-order chi connectivity index (χ0) is 10.8. The lowest BCUT2D eigenvalue weighted by Crippen LogP contribution is -2.02. The van der Waals surface area contributed by atoms with E-state index in [1.807, 2.05) is 13.0 Å². The van der Waals surface area contributed by atoms with Gasteiger partial charge in [0.25, 0.3) is 0 Å². The molecule has 2 heterocycles. The zero-order valence-electron chi connectivity index (χ0n) is 9.19. The van der Waals surface area contributed by atoms with Crippen molar-refractivity contribution in [2.45, 2.75) is 33.7 Å². The quantitative estimate of drug-likeness (QED) is 0.768. The monoisotopic (exact) mass is 206 g/mol. The molecular weight excluding hydrogens is 192 g/mol. The molecule has 0 aliphatic rings. The molecule has 0 saturated carbocycles. The maximum Gasteiger partial charge on any atom is 0.186 e. The summed E-state index contributed by atoms with van der Waals surface area (Å²) >= 11 is 0. The zero-order valence-corrected chi connectivity index (χ0v) is 9.19. The van der Waals surface area contributed by atoms with Gasteiger partial charge in [-0.2, -0.15) is 0 Å². The molecule has 0 radical (unpaired) electrons. The lowest BCUT2D eigenvalue weighted by atomic mass is 10.3. The molecule has 0 aromatic carbocycles. The Kier molecular flexibility index (Phi) is 2.53. The maximum atomic E-state index is 5.03. The smallest absolute Gasteiger partial charge is 0.186 e. The molecule has 0 N–H and O–H groups in total. The Hall–Kier alpha value is -1.65. The van der Waals surface area contributed by atoms with Gasteiger partial charge in [0.05, 0.1) is 0 Å². The molecule has 15 heavy (non-hydrogen) atoms. The molecule has 0 aliphatic carbocycles. The van der Waals surface area contributed by atoms with E-state index < -0.39 is 0 Å². The van der Waals surface area contributed by atoms with E-state index in [0.29, 0.717) is 0 Å². The van der Waals surface area contributed by atoms with Gasteiger partial charge in [-0.25, -0.2) is 0 Å². The van der Waals surface area contributed by atoms with Crippen LogP contribution in [0.15, 0.2) is 10.6 Å². The first-order chi connectivity index (χ1) is 7.26. The van der Waals surface area contributed by atoms with E-state index in [1.54, 1.807) is 0 Å². The van der Waals surface area contributed by atoms with Crippen LogP contribution in [-0.2, 0) is 13.0 Å². The Morgan fingerprint density at radius 3 is 2.67 bits per heavy atom. The van der Waals surface area contributed by atoms with Gasteiger partial charge in [-0.1, -0.05) is 12.1 Å². The van der Waals surface area contributed by atoms with Gasteiger partial charge in [-0.05, 0) is 13.8 Å². The topological polar surface area (TPSA) is 56.7 Å². The van der Waals surface area contributed by atoms with Crippen molar-refractivity contribution in [3.05, 3.63) is 17.7 Å². The highest BCUT2D eigenvalue weighted by Crippen LogP contribution is 2.17. The van der Waals surface area contributed by atoms with Crippen LogP contribution in [0.5, 0.6) is 0 Å². The summed E-state index contributed by atoms with van der Waals surface area (Å²) < 4.78 is 7.08. The van der Waals surface area contributed by atoms with Crippen LogP contribution in [0.3, 0.4) is 0 Å². The molecule has 0 spiro atoms. The predicted molar refractivity (Wildman–Crippen MR) is 55.3 cm³/mol. The maximum absolute atomic E-state index is 5.03. The van der Waals surface area contributed by atoms with Crippen LogP contribution in [0.1, 0.15) is 25.4 Å². The predicted octanol–water partition coefficient (Wildman–Crippen LogP) is 1.82. The largest absolute Gasteiger partial charge is 0.361 e. The Labute approximate surface area is 88.1 Å². The van der Waals surface area contributed by atoms with Crippen molar-refractivity contribution in [3.63, 3.8) is 0 Å². The van der Waals surface area contributed by atoms with Crippen molar-refractivity contribution in [2.75, 3.05) is 0 Å². The van der Waals surface area contributed by atoms with Gasteiger partial charge in [0.1, 0.15) is 11.6 Å². The first kappa shape index (κ1) is 9.89. The Morgan fingerprint density at radius 1 is 1.33 bits per heavy atom. The van der Waals surface area contributed by atoms with Gasteiger partial charge in [-0.15, -0.1) is 10.2 Å². The number of aromatic nitrogens is 4. The molecule has 0 aliphatic heterocycles. The van der Waals surface area contributed by atoms with Gasteiger partial charge in [0, 0.05) is 19.0 Å². The number of hydrogen-bond donors (Lipinski definition) is 0. The van der Waals surface area contributed by atoms with Crippen molar-refractivity contribution < 1.29 is 4.52 Å². The standard InChI is InChI=1S/C10H14N4O/c1-4-9-11-12-10(14(9)5-2)8-6-7(3)15-13-8/h6H,4-5H2,1-3H3. The lowest BCUT2D eigenvalue weighted by molar-refractivity contribution is 0.399. The van der Waals surface area contributed by atoms with E-state index in [0.717, 1.165) is 36.1 Å². The lowest BCUT2D eigenvalue weighted by Gasteiger charge is -2.02. The molecule has 0 saturated heterocycles. The van der Waals surface area contributed by atoms with Crippen LogP contribution in [0, 0.1) is 6.92 Å². The average Bonchev–Trinajstić information content (AvgIpc) is 2.82. The summed E-state index contributed by atoms with van der Waals surface area (Å²) in [5, 5.41) is 12.2. The van der Waals surface area contributed by atoms with E-state index in [2.05, 4.69) is 33.8 Å². The fraction of sp³-hybridized carbons (Fsp3) is 0.500. The van der Waals surface area contributed by atoms with E-state index in [4.69, 9.17) is 4.52 Å². The van der Waals surface area contributed by atoms with Crippen molar-refractivity contribution in [1.29, 1.82) is 0 Å². The van der Waals surface area contributed by atoms with E-state index in [1.165, 1.54) is 0 Å². The van der Waals surface area contributed by atoms with Crippen LogP contribution in [0.25, 0.3) is 11.5 Å². The minimum atomic E-state index is 0.751. The molecule has 0 amide bonds. The van der Waals surface area contributed by atoms with Crippen LogP contribution in [0.4, 0.5) is 0 Å². The van der Waals surface area contributed by atoms with E-state index in [9.17, 15) is 0 Å². The van der Waals surface area contributed by atoms with Gasteiger partial charge >= 0.3 is 0 Å². The highest BCUT2D eigenvalue weighted by molar-refractivity contribution is 5.48. The van der Waals surface area contributed by atoms with Gasteiger partial charge in [0.15, 0.2) is 11.5 Å². The summed E-state index contributed by atoms with van der Waals surface area (Å²) in [6.07, 6.45) is 0.873. The highest BCUT2D eigenvalue weighted by Gasteiger charge is 2.14. The molecule has 5 heteroatoms. The molecule has 2 rings (SSSR count). The molecule has 0 atom stereocenters. The summed E-state index contributed by atoms with van der Waals surface area (Å²) in [6, 6.07) is 1.87. The average molecular weight is 206 g/mol. The highest BCUT2D eigenvalue weighted by atomic mass is 16.5. The second kappa shape index (κ2) is 3.84. The first-order valence-electron chi connectivity index (χ1n) is 5.12. The van der Waals surface area contributed by atoms with Crippen molar-refractivity contribution in [3.8, 4) is 11.5 Å². The number of rotatable bonds is 3. The molecule has 0 bridgehead atoms. The molecule has 0 fully saturated rings. The van der Waals surface area contributed by atoms with Crippen LogP contribution >= 0.6 is 0 Å². The minimum Gasteiger partial charge on any atom is -0.361 e. The first-order valence-corrected chi connectivity index (χ1v) is 5.12. The van der Waals surface area contributed by atoms with Crippen molar-refractivity contribution >= 4 is 0 Å². The summed E-state index contributed by atoms with van der Waals surface area (Å²) in [7, 11) is 0. The normalized spacial score (nSPS) is 10.9. The van der Waals surface area contributed by atoms with Gasteiger partial charge < -0.3 is 9.09 Å². The fourth-order valence-corrected chi connectivity index (χ4v) is 1.59. The van der Waals surface area contributed by atoms with Crippen molar-refractivity contribution in [1.82, 2.24) is 19.9 Å². The van der Waals surface area contributed by atoms with Gasteiger partial charge in [-0.3, -0.25) is 0 Å². The molecule has 5 nitrogen and oxygen atoms in total. The Morgan fingerprint density at radius 2 is 2.13 bits per heavy atom. The SMILES string of the molecule is CCc1nnc(-c2cc(C)on2)n1CC. The molecular formula is C10H14N4O. The summed E-state index contributed by atoms with van der Waals surface area (Å²) in [6.45, 7) is 6.84. The Balaban J connectivity index is 2.48. The molecule has 2 aromatic rings. The summed E-state index contributed by atoms with van der Waals surface area (Å²) in [5.74, 6) is 2.55. The van der Waals surface area contributed by atoms with Crippen molar-refractivity contribution in [2.24, 2.45) is 0 Å². The van der Waals surface area contributed by atoms with Crippen LogP contribution in [0.2, 0.25) is 0 Å². The molecule has 0 unspecified atom stereocenters. The minimum absolute atomic E-state index is 0.751. The number of aryl methyl sites for hydroxylation is 2. The third kappa shape index (κ3) is 1.65. The van der Waals surface area contributed by atoms with Gasteiger partial charge in [0.2, 0.25) is 0 Å². The summed E-state index contributed by atoms with van der Waals surface area (Å²) in [5.41, 5.74) is 0.751. The molecule has 80 valence electrons. The third-order valence-corrected chi connectivity index (χ3v) is 2.32. The van der Waals surface area contributed by atoms with Crippen LogP contribution < -0.4 is 0 Å². The summed E-state index contributed by atoms with van der Waals surface area (Å²) in [4.78, 5) is 0. The van der Waals surface area contributed by atoms with E-state index in [-0.39, 0.29) is 0 Å². The Bertz CT molecular complexity index is 458. The number of hydrogen-bond acceptors (Lipinski definition) is 4. The number of nitrogens with zero attached hydrogens (tertiary/aromatic N) is 4. The fourth-order valence-electron chi connectivity index (χ4n) is 1.59. The third-order valence-electron chi connectivity index (χ3n) is 2.32. The second-order valence-electron chi connectivity index (χ2n) is 3.36. The second-order valence-corrected chi connectivity index (χ2v) is 3.36.